The van der Waals surface area contributed by atoms with Gasteiger partial charge in [0, 0.05) is 31.0 Å². The maximum absolute atomic E-state index is 4.23. The summed E-state index contributed by atoms with van der Waals surface area (Å²) in [4.78, 5) is 8.47. The van der Waals surface area contributed by atoms with Crippen molar-refractivity contribution < 1.29 is 0 Å². The standard InChI is InChI=1S/C13H15N3S/c1-17-13-15-9-12(10-16-13)8-14-7-11-5-3-2-4-6-11/h2-6,9-10,14H,7-8H2,1H3. The van der Waals surface area contributed by atoms with Gasteiger partial charge >= 0.3 is 0 Å². The molecule has 0 aliphatic carbocycles. The summed E-state index contributed by atoms with van der Waals surface area (Å²) in [5.74, 6) is 0. The van der Waals surface area contributed by atoms with Crippen LogP contribution in [0.15, 0.2) is 47.9 Å². The molecule has 0 saturated heterocycles. The van der Waals surface area contributed by atoms with E-state index in [1.807, 2.05) is 36.8 Å². The van der Waals surface area contributed by atoms with Gasteiger partial charge in [-0.2, -0.15) is 0 Å². The van der Waals surface area contributed by atoms with Crippen LogP contribution in [0.4, 0.5) is 0 Å². The Morgan fingerprint density at radius 3 is 2.29 bits per heavy atom. The van der Waals surface area contributed by atoms with Crippen LogP contribution in [-0.2, 0) is 13.1 Å². The van der Waals surface area contributed by atoms with Gasteiger partial charge in [0.2, 0.25) is 0 Å². The molecule has 0 atom stereocenters. The lowest BCUT2D eigenvalue weighted by molar-refractivity contribution is 0.685. The van der Waals surface area contributed by atoms with E-state index >= 15 is 0 Å². The smallest absolute Gasteiger partial charge is 0.187 e. The molecule has 1 N–H and O–H groups in total. The molecule has 2 aromatic rings. The van der Waals surface area contributed by atoms with E-state index in [1.54, 1.807) is 11.8 Å². The summed E-state index contributed by atoms with van der Waals surface area (Å²) in [6.07, 6.45) is 5.72. The number of hydrogen-bond acceptors (Lipinski definition) is 4. The van der Waals surface area contributed by atoms with Gasteiger partial charge in [-0.25, -0.2) is 9.97 Å². The van der Waals surface area contributed by atoms with Crippen molar-refractivity contribution in [2.24, 2.45) is 0 Å². The molecular weight excluding hydrogens is 230 g/mol. The number of thioether (sulfide) groups is 1. The molecule has 3 nitrogen and oxygen atoms in total. The third kappa shape index (κ3) is 3.84. The highest BCUT2D eigenvalue weighted by atomic mass is 32.2. The van der Waals surface area contributed by atoms with Crippen molar-refractivity contribution in [2.75, 3.05) is 6.26 Å². The third-order valence-corrected chi connectivity index (χ3v) is 2.94. The average Bonchev–Trinajstić information content (AvgIpc) is 2.41. The summed E-state index contributed by atoms with van der Waals surface area (Å²) < 4.78 is 0. The van der Waals surface area contributed by atoms with Gasteiger partial charge in [-0.15, -0.1) is 0 Å². The second kappa shape index (κ2) is 6.37. The maximum Gasteiger partial charge on any atom is 0.187 e. The van der Waals surface area contributed by atoms with Crippen LogP contribution < -0.4 is 5.32 Å². The van der Waals surface area contributed by atoms with Gasteiger partial charge in [-0.1, -0.05) is 42.1 Å². The molecule has 0 radical (unpaired) electrons. The predicted molar refractivity (Wildman–Crippen MR) is 70.8 cm³/mol. The van der Waals surface area contributed by atoms with E-state index in [4.69, 9.17) is 0 Å². The minimum Gasteiger partial charge on any atom is -0.309 e. The molecule has 4 heteroatoms. The van der Waals surface area contributed by atoms with Crippen molar-refractivity contribution in [1.82, 2.24) is 15.3 Å². The van der Waals surface area contributed by atoms with Crippen LogP contribution in [0.1, 0.15) is 11.1 Å². The number of hydrogen-bond donors (Lipinski definition) is 1. The zero-order valence-corrected chi connectivity index (χ0v) is 10.6. The summed E-state index contributed by atoms with van der Waals surface area (Å²) in [6.45, 7) is 1.66. The average molecular weight is 245 g/mol. The van der Waals surface area contributed by atoms with Crippen molar-refractivity contribution in [1.29, 1.82) is 0 Å². The summed E-state index contributed by atoms with van der Waals surface area (Å²) in [5.41, 5.74) is 2.40. The first kappa shape index (κ1) is 12.1. The third-order valence-electron chi connectivity index (χ3n) is 2.37. The van der Waals surface area contributed by atoms with Crippen LogP contribution in [0, 0.1) is 0 Å². The highest BCUT2D eigenvalue weighted by Crippen LogP contribution is 2.07. The normalized spacial score (nSPS) is 10.4. The molecule has 1 aromatic heterocycles. The van der Waals surface area contributed by atoms with Gasteiger partial charge in [0.25, 0.3) is 0 Å². The van der Waals surface area contributed by atoms with E-state index in [0.29, 0.717) is 0 Å². The summed E-state index contributed by atoms with van der Waals surface area (Å²) in [5, 5.41) is 4.19. The quantitative estimate of drug-likeness (QED) is 0.649. The number of nitrogens with one attached hydrogen (secondary N) is 1. The molecule has 0 aliphatic heterocycles. The number of benzene rings is 1. The molecule has 2 rings (SSSR count). The molecule has 0 saturated carbocycles. The molecule has 1 aromatic carbocycles. The van der Waals surface area contributed by atoms with Crippen LogP contribution >= 0.6 is 11.8 Å². The summed E-state index contributed by atoms with van der Waals surface area (Å²) in [6, 6.07) is 10.3. The van der Waals surface area contributed by atoms with Crippen molar-refractivity contribution >= 4 is 11.8 Å². The van der Waals surface area contributed by atoms with Crippen LogP contribution in [-0.4, -0.2) is 16.2 Å². The molecule has 0 spiro atoms. The fraction of sp³-hybridized carbons (Fsp3) is 0.231. The van der Waals surface area contributed by atoms with Crippen LogP contribution in [0.2, 0.25) is 0 Å². The van der Waals surface area contributed by atoms with Gasteiger partial charge in [-0.05, 0) is 11.8 Å². The molecule has 88 valence electrons. The first-order chi connectivity index (χ1) is 8.38. The topological polar surface area (TPSA) is 37.8 Å². The van der Waals surface area contributed by atoms with Crippen molar-refractivity contribution in [3.05, 3.63) is 53.9 Å². The van der Waals surface area contributed by atoms with Crippen LogP contribution in [0.5, 0.6) is 0 Å². The lowest BCUT2D eigenvalue weighted by atomic mass is 10.2. The molecule has 0 unspecified atom stereocenters. The molecule has 17 heavy (non-hydrogen) atoms. The Bertz CT molecular complexity index is 442. The minimum atomic E-state index is 0.795. The first-order valence-electron chi connectivity index (χ1n) is 5.48. The molecular formula is C13H15N3S. The van der Waals surface area contributed by atoms with E-state index in [0.717, 1.165) is 23.8 Å². The van der Waals surface area contributed by atoms with Gasteiger partial charge in [-0.3, -0.25) is 0 Å². The van der Waals surface area contributed by atoms with E-state index in [-0.39, 0.29) is 0 Å². The lowest BCUT2D eigenvalue weighted by Crippen LogP contribution is -2.13. The number of aromatic nitrogens is 2. The highest BCUT2D eigenvalue weighted by Gasteiger charge is 1.96. The largest absolute Gasteiger partial charge is 0.309 e. The van der Waals surface area contributed by atoms with E-state index in [2.05, 4.69) is 27.4 Å². The highest BCUT2D eigenvalue weighted by molar-refractivity contribution is 7.98. The second-order valence-electron chi connectivity index (χ2n) is 3.67. The zero-order chi connectivity index (χ0) is 11.9. The van der Waals surface area contributed by atoms with E-state index in [9.17, 15) is 0 Å². The van der Waals surface area contributed by atoms with E-state index in [1.165, 1.54) is 5.56 Å². The predicted octanol–water partition coefficient (Wildman–Crippen LogP) is 2.49. The first-order valence-corrected chi connectivity index (χ1v) is 6.70. The monoisotopic (exact) mass is 245 g/mol. The Morgan fingerprint density at radius 1 is 1.00 bits per heavy atom. The Hall–Kier alpha value is -1.39. The Kier molecular flexibility index (Phi) is 4.53. The minimum absolute atomic E-state index is 0.795. The SMILES string of the molecule is CSc1ncc(CNCc2ccccc2)cn1. The molecule has 1 heterocycles. The second-order valence-corrected chi connectivity index (χ2v) is 4.44. The molecule has 0 fully saturated rings. The molecule has 0 amide bonds. The van der Waals surface area contributed by atoms with Gasteiger partial charge in [0.05, 0.1) is 0 Å². The fourth-order valence-electron chi connectivity index (χ4n) is 1.49. The Labute approximate surface area is 106 Å². The van der Waals surface area contributed by atoms with Crippen LogP contribution in [0.3, 0.4) is 0 Å². The Morgan fingerprint density at radius 2 is 1.65 bits per heavy atom. The van der Waals surface area contributed by atoms with Gasteiger partial charge < -0.3 is 5.32 Å². The summed E-state index contributed by atoms with van der Waals surface area (Å²) in [7, 11) is 0. The van der Waals surface area contributed by atoms with Crippen molar-refractivity contribution in [3.8, 4) is 0 Å². The van der Waals surface area contributed by atoms with Crippen molar-refractivity contribution in [2.45, 2.75) is 18.2 Å². The number of nitrogens with zero attached hydrogens (tertiary/aromatic N) is 2. The lowest BCUT2D eigenvalue weighted by Gasteiger charge is -2.04. The molecule has 0 aliphatic rings. The molecule has 0 bridgehead atoms. The van der Waals surface area contributed by atoms with E-state index < -0.39 is 0 Å². The zero-order valence-electron chi connectivity index (χ0n) is 9.76. The fourth-order valence-corrected chi connectivity index (χ4v) is 1.80. The van der Waals surface area contributed by atoms with Crippen LogP contribution in [0.25, 0.3) is 0 Å². The van der Waals surface area contributed by atoms with Gasteiger partial charge in [0.15, 0.2) is 5.16 Å². The van der Waals surface area contributed by atoms with Crippen molar-refractivity contribution in [3.63, 3.8) is 0 Å². The summed E-state index contributed by atoms with van der Waals surface area (Å²) >= 11 is 1.56. The van der Waals surface area contributed by atoms with Gasteiger partial charge in [0.1, 0.15) is 0 Å². The Balaban J connectivity index is 1.82. The maximum atomic E-state index is 4.23. The number of rotatable bonds is 5.